The molecule has 1 aliphatic heterocycles. The molecule has 9 heteroatoms. The third-order valence-corrected chi connectivity index (χ3v) is 4.27. The molecule has 1 aromatic rings. The Labute approximate surface area is 131 Å². The zero-order chi connectivity index (χ0) is 14.8. The number of aromatic nitrogens is 1. The van der Waals surface area contributed by atoms with E-state index in [1.165, 1.54) is 0 Å². The summed E-state index contributed by atoms with van der Waals surface area (Å²) < 4.78 is 37.6. The number of carbonyl (C=O) groups excluding carboxylic acids is 1. The summed E-state index contributed by atoms with van der Waals surface area (Å²) in [6.07, 6.45) is -2.83. The second-order valence-corrected chi connectivity index (χ2v) is 5.67. The van der Waals surface area contributed by atoms with Gasteiger partial charge in [0.25, 0.3) is 0 Å². The van der Waals surface area contributed by atoms with Crippen molar-refractivity contribution in [3.63, 3.8) is 0 Å². The van der Waals surface area contributed by atoms with Gasteiger partial charge in [-0.3, -0.25) is 4.79 Å². The number of likely N-dealkylation sites (N-methyl/N-ethyl adjacent to an activating group) is 1. The van der Waals surface area contributed by atoms with Crippen molar-refractivity contribution in [3.05, 3.63) is 16.1 Å². The number of nitrogens with zero attached hydrogens (tertiary/aromatic N) is 2. The number of alkyl halides is 3. The molecule has 1 N–H and O–H groups in total. The number of hydrogen-bond donors (Lipinski definition) is 1. The molecule has 1 saturated heterocycles. The highest BCUT2D eigenvalue weighted by molar-refractivity contribution is 7.09. The number of rotatable bonds is 3. The van der Waals surface area contributed by atoms with Gasteiger partial charge in [-0.25, -0.2) is 4.98 Å². The van der Waals surface area contributed by atoms with E-state index in [4.69, 9.17) is 0 Å². The molecular weight excluding hydrogens is 327 g/mol. The van der Waals surface area contributed by atoms with Gasteiger partial charge in [0.1, 0.15) is 0 Å². The monoisotopic (exact) mass is 343 g/mol. The summed E-state index contributed by atoms with van der Waals surface area (Å²) in [5, 5.41) is 4.31. The summed E-state index contributed by atoms with van der Waals surface area (Å²) in [7, 11) is 1.69. The van der Waals surface area contributed by atoms with Crippen LogP contribution in [0.5, 0.6) is 0 Å². The minimum Gasteiger partial charge on any atom is -0.341 e. The molecule has 0 bridgehead atoms. The molecule has 4 nitrogen and oxygen atoms in total. The van der Waals surface area contributed by atoms with Gasteiger partial charge in [0.15, 0.2) is 5.69 Å². The van der Waals surface area contributed by atoms with Gasteiger partial charge in [0.05, 0.1) is 11.6 Å². The van der Waals surface area contributed by atoms with E-state index in [2.05, 4.69) is 10.3 Å². The van der Waals surface area contributed by atoms with Gasteiger partial charge in [0.2, 0.25) is 5.91 Å². The second kappa shape index (κ2) is 7.42. The maximum Gasteiger partial charge on any atom is 0.434 e. The van der Waals surface area contributed by atoms with Gasteiger partial charge in [-0.05, 0) is 19.9 Å². The first-order valence-electron chi connectivity index (χ1n) is 6.37. The smallest absolute Gasteiger partial charge is 0.341 e. The van der Waals surface area contributed by atoms with Gasteiger partial charge in [0, 0.05) is 24.4 Å². The van der Waals surface area contributed by atoms with E-state index in [-0.39, 0.29) is 30.8 Å². The molecule has 1 aliphatic rings. The fourth-order valence-corrected chi connectivity index (χ4v) is 3.23. The molecule has 2 heterocycles. The Morgan fingerprint density at radius 3 is 2.86 bits per heavy atom. The summed E-state index contributed by atoms with van der Waals surface area (Å²) >= 11 is 1.03. The lowest BCUT2D eigenvalue weighted by atomic mass is 9.98. The van der Waals surface area contributed by atoms with Crippen LogP contribution in [0.15, 0.2) is 5.38 Å². The first-order chi connectivity index (χ1) is 9.41. The Balaban J connectivity index is 0.00000220. The summed E-state index contributed by atoms with van der Waals surface area (Å²) in [6, 6.07) is 0. The van der Waals surface area contributed by atoms with Crippen LogP contribution in [0.4, 0.5) is 13.2 Å². The average molecular weight is 344 g/mol. The number of nitrogens with one attached hydrogen (secondary N) is 1. The van der Waals surface area contributed by atoms with E-state index in [9.17, 15) is 18.0 Å². The van der Waals surface area contributed by atoms with Crippen LogP contribution in [0.2, 0.25) is 0 Å². The molecule has 0 saturated carbocycles. The Morgan fingerprint density at radius 1 is 1.57 bits per heavy atom. The number of thiazole rings is 1. The lowest BCUT2D eigenvalue weighted by Crippen LogP contribution is -2.42. The molecule has 1 amide bonds. The van der Waals surface area contributed by atoms with Crippen LogP contribution < -0.4 is 5.32 Å². The summed E-state index contributed by atoms with van der Waals surface area (Å²) in [4.78, 5) is 17.2. The molecule has 2 rings (SSSR count). The van der Waals surface area contributed by atoms with Crippen LogP contribution in [-0.2, 0) is 11.0 Å². The van der Waals surface area contributed by atoms with E-state index in [1.807, 2.05) is 0 Å². The van der Waals surface area contributed by atoms with Crippen molar-refractivity contribution in [2.24, 2.45) is 0 Å². The van der Waals surface area contributed by atoms with Crippen LogP contribution in [0.3, 0.4) is 0 Å². The number of piperidine rings is 1. The van der Waals surface area contributed by atoms with E-state index in [0.29, 0.717) is 18.1 Å². The number of carbonyl (C=O) groups is 1. The fraction of sp³-hybridized carbons (Fsp3) is 0.667. The highest BCUT2D eigenvalue weighted by Crippen LogP contribution is 2.34. The quantitative estimate of drug-likeness (QED) is 0.917. The van der Waals surface area contributed by atoms with Gasteiger partial charge in [-0.15, -0.1) is 23.7 Å². The molecule has 1 fully saturated rings. The topological polar surface area (TPSA) is 45.2 Å². The second-order valence-electron chi connectivity index (χ2n) is 4.78. The molecule has 1 aromatic heterocycles. The van der Waals surface area contributed by atoms with Gasteiger partial charge in [-0.1, -0.05) is 0 Å². The highest BCUT2D eigenvalue weighted by Gasteiger charge is 2.35. The van der Waals surface area contributed by atoms with Gasteiger partial charge < -0.3 is 10.2 Å². The van der Waals surface area contributed by atoms with E-state index in [0.717, 1.165) is 29.6 Å². The van der Waals surface area contributed by atoms with Crippen LogP contribution in [0, 0.1) is 0 Å². The maximum absolute atomic E-state index is 12.5. The van der Waals surface area contributed by atoms with E-state index in [1.54, 1.807) is 11.9 Å². The Hall–Kier alpha value is -0.860. The molecule has 0 aliphatic carbocycles. The van der Waals surface area contributed by atoms with Gasteiger partial charge in [-0.2, -0.15) is 13.2 Å². The lowest BCUT2D eigenvalue weighted by Gasteiger charge is -2.31. The van der Waals surface area contributed by atoms with Crippen molar-refractivity contribution in [2.75, 3.05) is 26.7 Å². The zero-order valence-electron chi connectivity index (χ0n) is 11.4. The molecule has 1 unspecified atom stereocenters. The minimum absolute atomic E-state index is 0. The Kier molecular flexibility index (Phi) is 6.42. The maximum atomic E-state index is 12.5. The Morgan fingerprint density at radius 2 is 2.29 bits per heavy atom. The number of halogens is 4. The normalized spacial score (nSPS) is 19.2. The standard InChI is InChI=1S/C12H16F3N3OS.ClH/c1-16-5-10(19)18-4-2-3-8(6-18)11-17-9(7-20-11)12(13,14)15;/h7-8,16H,2-6H2,1H3;1H. The molecule has 21 heavy (non-hydrogen) atoms. The molecular formula is C12H17ClF3N3OS. The molecule has 0 aromatic carbocycles. The van der Waals surface area contributed by atoms with Crippen molar-refractivity contribution in [3.8, 4) is 0 Å². The summed E-state index contributed by atoms with van der Waals surface area (Å²) in [6.45, 7) is 1.36. The fourth-order valence-electron chi connectivity index (χ4n) is 2.27. The first kappa shape index (κ1) is 18.2. The van der Waals surface area contributed by atoms with Crippen molar-refractivity contribution in [1.29, 1.82) is 0 Å². The zero-order valence-corrected chi connectivity index (χ0v) is 13.1. The average Bonchev–Trinajstić information content (AvgIpc) is 2.89. The molecule has 0 radical (unpaired) electrons. The number of amides is 1. The summed E-state index contributed by atoms with van der Waals surface area (Å²) in [5.41, 5.74) is -0.837. The number of likely N-dealkylation sites (tertiary alicyclic amines) is 1. The third kappa shape index (κ3) is 4.55. The van der Waals surface area contributed by atoms with Crippen LogP contribution in [0.1, 0.15) is 29.5 Å². The van der Waals surface area contributed by atoms with Crippen LogP contribution >= 0.6 is 23.7 Å². The largest absolute Gasteiger partial charge is 0.434 e. The molecule has 0 spiro atoms. The van der Waals surface area contributed by atoms with Crippen molar-refractivity contribution in [1.82, 2.24) is 15.2 Å². The molecule has 120 valence electrons. The van der Waals surface area contributed by atoms with Crippen LogP contribution in [-0.4, -0.2) is 42.5 Å². The predicted octanol–water partition coefficient (Wildman–Crippen LogP) is 2.51. The first-order valence-corrected chi connectivity index (χ1v) is 7.24. The Bertz CT molecular complexity index is 481. The minimum atomic E-state index is -4.40. The SMILES string of the molecule is CNCC(=O)N1CCCC(c2nc(C(F)(F)F)cs2)C1.Cl. The van der Waals surface area contributed by atoms with Crippen molar-refractivity contribution in [2.45, 2.75) is 24.9 Å². The van der Waals surface area contributed by atoms with E-state index < -0.39 is 11.9 Å². The predicted molar refractivity (Wildman–Crippen MR) is 76.8 cm³/mol. The van der Waals surface area contributed by atoms with Gasteiger partial charge >= 0.3 is 6.18 Å². The van der Waals surface area contributed by atoms with Crippen molar-refractivity contribution >= 4 is 29.7 Å². The highest BCUT2D eigenvalue weighted by atomic mass is 35.5. The lowest BCUT2D eigenvalue weighted by molar-refractivity contribution is -0.141. The summed E-state index contributed by atoms with van der Waals surface area (Å²) in [5.74, 6) is -0.115. The third-order valence-electron chi connectivity index (χ3n) is 3.26. The number of hydrogen-bond acceptors (Lipinski definition) is 4. The molecule has 1 atom stereocenters. The van der Waals surface area contributed by atoms with Crippen molar-refractivity contribution < 1.29 is 18.0 Å². The van der Waals surface area contributed by atoms with E-state index >= 15 is 0 Å². The van der Waals surface area contributed by atoms with Crippen LogP contribution in [0.25, 0.3) is 0 Å².